The fourth-order valence-corrected chi connectivity index (χ4v) is 11.7. The highest BCUT2D eigenvalue weighted by atomic mass is 32.2. The summed E-state index contributed by atoms with van der Waals surface area (Å²) in [6, 6.07) is 6.98. The number of hydrogen-bond donors (Lipinski definition) is 3. The fourth-order valence-electron chi connectivity index (χ4n) is 10.8. The Morgan fingerprint density at radius 2 is 1.69 bits per heavy atom. The van der Waals surface area contributed by atoms with Crippen molar-refractivity contribution >= 4 is 22.0 Å². The first kappa shape index (κ1) is 34.1. The molecule has 1 aromatic carbocycles. The molecule has 0 aliphatic heterocycles. The molecule has 2 amide bonds. The highest BCUT2D eigenvalue weighted by Crippen LogP contribution is 2.71. The van der Waals surface area contributed by atoms with Crippen molar-refractivity contribution in [1.82, 2.24) is 10.0 Å². The Morgan fingerprint density at radius 3 is 2.33 bits per heavy atom. The van der Waals surface area contributed by atoms with Crippen molar-refractivity contribution in [1.29, 1.82) is 0 Å². The summed E-state index contributed by atoms with van der Waals surface area (Å²) >= 11 is 0. The SMILES string of the molecule is CC[C@H]1C(O)C2C3CCC([C@H](C)CCNC(=O)NS(=O)(=O)c4ccccc4)[C@@]3(C)CCC2[C@@]2(C)CC[C@@H](OC(C)=O)C(F)(F)[C@@H]12. The predicted octanol–water partition coefficient (Wildman–Crippen LogP) is 6.14. The molecule has 4 fully saturated rings. The van der Waals surface area contributed by atoms with Crippen LogP contribution in [0.3, 0.4) is 0 Å². The number of esters is 1. The van der Waals surface area contributed by atoms with Gasteiger partial charge >= 0.3 is 12.0 Å². The van der Waals surface area contributed by atoms with Gasteiger partial charge in [-0.25, -0.2) is 26.7 Å². The first-order valence-electron chi connectivity index (χ1n) is 16.7. The minimum absolute atomic E-state index is 0.0191. The third kappa shape index (κ3) is 5.89. The van der Waals surface area contributed by atoms with E-state index >= 15 is 8.78 Å². The van der Waals surface area contributed by atoms with Crippen LogP contribution >= 0.6 is 0 Å². The number of nitrogens with one attached hydrogen (secondary N) is 2. The van der Waals surface area contributed by atoms with Crippen LogP contribution in [-0.2, 0) is 19.6 Å². The van der Waals surface area contributed by atoms with E-state index in [2.05, 4.69) is 23.9 Å². The molecule has 11 heteroatoms. The number of fused-ring (bicyclic) bond motifs is 5. The molecule has 0 heterocycles. The summed E-state index contributed by atoms with van der Waals surface area (Å²) < 4.78 is 64.6. The third-order valence-electron chi connectivity index (χ3n) is 12.6. The maximum atomic E-state index is 16.2. The number of aliphatic hydroxyl groups is 1. The maximum absolute atomic E-state index is 16.2. The average Bonchev–Trinajstić information content (AvgIpc) is 3.33. The quantitative estimate of drug-likeness (QED) is 0.290. The lowest BCUT2D eigenvalue weighted by Crippen LogP contribution is -2.68. The van der Waals surface area contributed by atoms with Crippen molar-refractivity contribution in [3.8, 4) is 0 Å². The number of alkyl halides is 2. The van der Waals surface area contributed by atoms with Gasteiger partial charge in [-0.1, -0.05) is 52.3 Å². The fraction of sp³-hybridized carbons (Fsp3) is 0.765. The smallest absolute Gasteiger partial charge is 0.328 e. The normalized spacial score (nSPS) is 39.5. The molecule has 0 saturated heterocycles. The Kier molecular flexibility index (Phi) is 9.39. The summed E-state index contributed by atoms with van der Waals surface area (Å²) in [4.78, 5) is 24.1. The first-order chi connectivity index (χ1) is 21.1. The minimum Gasteiger partial charge on any atom is -0.456 e. The van der Waals surface area contributed by atoms with Crippen LogP contribution in [0.4, 0.5) is 13.6 Å². The molecule has 4 aliphatic carbocycles. The van der Waals surface area contributed by atoms with E-state index in [1.54, 1.807) is 18.2 Å². The highest BCUT2D eigenvalue weighted by molar-refractivity contribution is 7.90. The van der Waals surface area contributed by atoms with Crippen LogP contribution in [0.5, 0.6) is 0 Å². The molecule has 5 unspecified atom stereocenters. The number of hydrogen-bond acceptors (Lipinski definition) is 6. The Bertz CT molecular complexity index is 1360. The molecule has 1 aromatic rings. The summed E-state index contributed by atoms with van der Waals surface area (Å²) in [7, 11) is -3.96. The lowest BCUT2D eigenvalue weighted by molar-refractivity contribution is -0.289. The Labute approximate surface area is 266 Å². The van der Waals surface area contributed by atoms with Gasteiger partial charge in [-0.15, -0.1) is 0 Å². The van der Waals surface area contributed by atoms with E-state index in [9.17, 15) is 23.1 Å². The second kappa shape index (κ2) is 12.4. The van der Waals surface area contributed by atoms with Crippen LogP contribution in [0, 0.1) is 52.3 Å². The summed E-state index contributed by atoms with van der Waals surface area (Å²) in [5, 5.41) is 14.6. The Balaban J connectivity index is 1.27. The number of sulfonamides is 1. The number of rotatable bonds is 8. The Hall–Kier alpha value is -2.27. The molecule has 3 N–H and O–H groups in total. The molecular weight excluding hydrogens is 602 g/mol. The zero-order valence-electron chi connectivity index (χ0n) is 27.1. The molecule has 0 spiro atoms. The van der Waals surface area contributed by atoms with Gasteiger partial charge in [-0.2, -0.15) is 0 Å². The van der Waals surface area contributed by atoms with E-state index in [-0.39, 0.29) is 40.4 Å². The molecule has 5 rings (SSSR count). The van der Waals surface area contributed by atoms with Crippen LogP contribution in [0.25, 0.3) is 0 Å². The Morgan fingerprint density at radius 1 is 1.04 bits per heavy atom. The van der Waals surface area contributed by atoms with Gasteiger partial charge in [-0.05, 0) is 103 Å². The number of carbonyl (C=O) groups excluding carboxylic acids is 2. The lowest BCUT2D eigenvalue weighted by atomic mass is 9.40. The van der Waals surface area contributed by atoms with Gasteiger partial charge in [0.05, 0.1) is 11.0 Å². The van der Waals surface area contributed by atoms with Gasteiger partial charge < -0.3 is 15.2 Å². The molecule has 0 radical (unpaired) electrons. The van der Waals surface area contributed by atoms with E-state index in [0.717, 1.165) is 25.7 Å². The number of aliphatic hydroxyl groups excluding tert-OH is 1. The van der Waals surface area contributed by atoms with Crippen LogP contribution < -0.4 is 10.0 Å². The van der Waals surface area contributed by atoms with E-state index in [0.29, 0.717) is 31.7 Å². The van der Waals surface area contributed by atoms with Gasteiger partial charge in [0.1, 0.15) is 0 Å². The van der Waals surface area contributed by atoms with Crippen LogP contribution in [-0.4, -0.2) is 50.2 Å². The van der Waals surface area contributed by atoms with Crippen molar-refractivity contribution < 1.29 is 36.6 Å². The van der Waals surface area contributed by atoms with Gasteiger partial charge in [0.15, 0.2) is 6.10 Å². The topological polar surface area (TPSA) is 122 Å². The van der Waals surface area contributed by atoms with Crippen molar-refractivity contribution in [3.63, 3.8) is 0 Å². The molecule has 0 bridgehead atoms. The van der Waals surface area contributed by atoms with E-state index in [1.165, 1.54) is 19.1 Å². The number of halogens is 2. The van der Waals surface area contributed by atoms with E-state index < -0.39 is 57.4 Å². The van der Waals surface area contributed by atoms with Crippen LogP contribution in [0.2, 0.25) is 0 Å². The number of ether oxygens (including phenoxy) is 1. The van der Waals surface area contributed by atoms with Crippen molar-refractivity contribution in [3.05, 3.63) is 30.3 Å². The highest BCUT2D eigenvalue weighted by Gasteiger charge is 2.71. The van der Waals surface area contributed by atoms with Gasteiger partial charge in [-0.3, -0.25) is 4.79 Å². The summed E-state index contributed by atoms with van der Waals surface area (Å²) in [5.41, 5.74) is -0.730. The summed E-state index contributed by atoms with van der Waals surface area (Å²) in [6.45, 7) is 9.87. The molecule has 4 aliphatic rings. The van der Waals surface area contributed by atoms with Crippen LogP contribution in [0.15, 0.2) is 35.2 Å². The third-order valence-corrected chi connectivity index (χ3v) is 14.0. The van der Waals surface area contributed by atoms with Gasteiger partial charge in [0.2, 0.25) is 0 Å². The second-order valence-electron chi connectivity index (χ2n) is 14.8. The molecule has 45 heavy (non-hydrogen) atoms. The van der Waals surface area contributed by atoms with E-state index in [1.807, 2.05) is 13.8 Å². The molecule has 11 atom stereocenters. The second-order valence-corrected chi connectivity index (χ2v) is 16.5. The predicted molar refractivity (Wildman–Crippen MR) is 166 cm³/mol. The van der Waals surface area contributed by atoms with Crippen molar-refractivity contribution in [2.45, 2.75) is 109 Å². The molecule has 252 valence electrons. The summed E-state index contributed by atoms with van der Waals surface area (Å²) in [5.74, 6) is -4.87. The largest absolute Gasteiger partial charge is 0.456 e. The molecule has 4 saturated carbocycles. The average molecular weight is 653 g/mol. The zero-order chi connectivity index (χ0) is 32.9. The number of amides is 2. The standard InChI is InChI=1S/C34H50F2N2O6S/c1-6-23-29(40)28-25-13-12-24(20(2)16-19-37-31(41)38-45(42,43)22-10-8-7-9-11-22)32(25,4)17-14-26(28)33(5)18-15-27(44-21(3)39)34(35,36)30(23)33/h7-11,20,23-30,40H,6,12-19H2,1-5H3,(H2,37,38,41)/t20-,23+,24?,25?,26?,27-,28?,29?,30+,32-,33-/m1/s1. The molecular formula is C34H50F2N2O6S. The molecule has 0 aromatic heterocycles. The maximum Gasteiger partial charge on any atom is 0.328 e. The van der Waals surface area contributed by atoms with Crippen molar-refractivity contribution in [2.75, 3.05) is 6.54 Å². The number of benzene rings is 1. The minimum atomic E-state index is -3.96. The van der Waals surface area contributed by atoms with Crippen molar-refractivity contribution in [2.24, 2.45) is 52.3 Å². The number of urea groups is 1. The molecule has 8 nitrogen and oxygen atoms in total. The van der Waals surface area contributed by atoms with E-state index in [4.69, 9.17) is 4.74 Å². The lowest BCUT2D eigenvalue weighted by Gasteiger charge is -2.66. The zero-order valence-corrected chi connectivity index (χ0v) is 27.9. The van der Waals surface area contributed by atoms with Gasteiger partial charge in [0, 0.05) is 19.4 Å². The first-order valence-corrected chi connectivity index (χ1v) is 18.1. The summed E-state index contributed by atoms with van der Waals surface area (Å²) in [6.07, 6.45) is 3.03. The van der Waals surface area contributed by atoms with Gasteiger partial charge in [0.25, 0.3) is 15.9 Å². The van der Waals surface area contributed by atoms with Crippen LogP contribution in [0.1, 0.15) is 86.0 Å². The monoisotopic (exact) mass is 652 g/mol. The number of carbonyl (C=O) groups is 2.